The first-order chi connectivity index (χ1) is 11.7. The Morgan fingerprint density at radius 2 is 1.46 bits per heavy atom. The van der Waals surface area contributed by atoms with Crippen LogP contribution in [0.2, 0.25) is 0 Å². The standard InChI is InChI=1S/C17H15FN2O4/c1-21-13-9-8-11(14(22-2)15(13)23-3)17-20-19-16(24-17)10-6-4-5-7-12(10)18/h4-9H,1-3H3. The van der Waals surface area contributed by atoms with Gasteiger partial charge in [-0.2, -0.15) is 0 Å². The third kappa shape index (κ3) is 2.64. The molecule has 0 fully saturated rings. The molecule has 0 amide bonds. The van der Waals surface area contributed by atoms with Gasteiger partial charge in [0.15, 0.2) is 11.5 Å². The molecule has 0 aliphatic heterocycles. The quantitative estimate of drug-likeness (QED) is 0.712. The summed E-state index contributed by atoms with van der Waals surface area (Å²) in [7, 11) is 4.53. The molecule has 2 aromatic carbocycles. The van der Waals surface area contributed by atoms with E-state index >= 15 is 0 Å². The summed E-state index contributed by atoms with van der Waals surface area (Å²) in [5, 5.41) is 7.90. The van der Waals surface area contributed by atoms with Crippen LogP contribution in [0.1, 0.15) is 0 Å². The molecule has 0 aliphatic carbocycles. The largest absolute Gasteiger partial charge is 0.493 e. The van der Waals surface area contributed by atoms with Gasteiger partial charge in [0, 0.05) is 0 Å². The number of benzene rings is 2. The zero-order valence-corrected chi connectivity index (χ0v) is 13.4. The predicted octanol–water partition coefficient (Wildman–Crippen LogP) is 3.57. The summed E-state index contributed by atoms with van der Waals surface area (Å²) in [6, 6.07) is 9.59. The molecule has 0 atom stereocenters. The van der Waals surface area contributed by atoms with E-state index in [2.05, 4.69) is 10.2 Å². The molecule has 0 spiro atoms. The van der Waals surface area contributed by atoms with Crippen LogP contribution in [0.15, 0.2) is 40.8 Å². The second-order valence-electron chi connectivity index (χ2n) is 4.77. The van der Waals surface area contributed by atoms with Crippen LogP contribution < -0.4 is 14.2 Å². The molecule has 0 unspecified atom stereocenters. The van der Waals surface area contributed by atoms with E-state index in [1.807, 2.05) is 0 Å². The number of methoxy groups -OCH3 is 3. The van der Waals surface area contributed by atoms with Gasteiger partial charge in [-0.25, -0.2) is 4.39 Å². The van der Waals surface area contributed by atoms with Crippen LogP contribution in [0.3, 0.4) is 0 Å². The number of ether oxygens (including phenoxy) is 3. The van der Waals surface area contributed by atoms with E-state index < -0.39 is 5.82 Å². The first-order valence-corrected chi connectivity index (χ1v) is 7.07. The molecule has 6 nitrogen and oxygen atoms in total. The van der Waals surface area contributed by atoms with Gasteiger partial charge in [-0.1, -0.05) is 12.1 Å². The van der Waals surface area contributed by atoms with Crippen LogP contribution >= 0.6 is 0 Å². The van der Waals surface area contributed by atoms with Gasteiger partial charge in [-0.15, -0.1) is 10.2 Å². The Labute approximate surface area is 137 Å². The molecule has 0 radical (unpaired) electrons. The molecular formula is C17H15FN2O4. The van der Waals surface area contributed by atoms with E-state index in [0.717, 1.165) is 0 Å². The van der Waals surface area contributed by atoms with Crippen LogP contribution in [-0.2, 0) is 0 Å². The summed E-state index contributed by atoms with van der Waals surface area (Å²) in [6.45, 7) is 0. The van der Waals surface area contributed by atoms with Crippen LogP contribution in [-0.4, -0.2) is 31.5 Å². The van der Waals surface area contributed by atoms with E-state index in [-0.39, 0.29) is 17.3 Å². The molecule has 3 rings (SSSR count). The Bertz CT molecular complexity index is 864. The average Bonchev–Trinajstić information content (AvgIpc) is 3.10. The highest BCUT2D eigenvalue weighted by atomic mass is 19.1. The number of nitrogens with zero attached hydrogens (tertiary/aromatic N) is 2. The van der Waals surface area contributed by atoms with Crippen molar-refractivity contribution in [2.45, 2.75) is 0 Å². The van der Waals surface area contributed by atoms with E-state index in [9.17, 15) is 4.39 Å². The van der Waals surface area contributed by atoms with Crippen molar-refractivity contribution in [2.24, 2.45) is 0 Å². The zero-order chi connectivity index (χ0) is 17.1. The molecule has 1 heterocycles. The fraction of sp³-hybridized carbons (Fsp3) is 0.176. The van der Waals surface area contributed by atoms with Gasteiger partial charge in [-0.05, 0) is 24.3 Å². The smallest absolute Gasteiger partial charge is 0.252 e. The Morgan fingerprint density at radius 3 is 2.08 bits per heavy atom. The summed E-state index contributed by atoms with van der Waals surface area (Å²) in [5.74, 6) is 1.13. The molecule has 124 valence electrons. The Hall–Kier alpha value is -3.09. The average molecular weight is 330 g/mol. The summed E-state index contributed by atoms with van der Waals surface area (Å²) >= 11 is 0. The highest BCUT2D eigenvalue weighted by molar-refractivity contribution is 5.72. The van der Waals surface area contributed by atoms with E-state index in [0.29, 0.717) is 22.8 Å². The molecule has 0 saturated heterocycles. The second kappa shape index (κ2) is 6.57. The minimum atomic E-state index is -0.438. The molecule has 0 aliphatic rings. The molecule has 7 heteroatoms. The molecule has 0 bridgehead atoms. The molecule has 3 aromatic rings. The summed E-state index contributed by atoms with van der Waals surface area (Å²) < 4.78 is 35.4. The summed E-state index contributed by atoms with van der Waals surface area (Å²) in [4.78, 5) is 0. The highest BCUT2D eigenvalue weighted by Gasteiger charge is 2.21. The fourth-order valence-corrected chi connectivity index (χ4v) is 2.35. The topological polar surface area (TPSA) is 66.6 Å². The van der Waals surface area contributed by atoms with Crippen LogP contribution in [0.5, 0.6) is 17.2 Å². The van der Waals surface area contributed by atoms with Crippen LogP contribution in [0, 0.1) is 5.82 Å². The van der Waals surface area contributed by atoms with Gasteiger partial charge in [0.1, 0.15) is 5.82 Å². The SMILES string of the molecule is COc1ccc(-c2nnc(-c3ccccc3F)o2)c(OC)c1OC. The first-order valence-electron chi connectivity index (χ1n) is 7.07. The number of aromatic nitrogens is 2. The van der Waals surface area contributed by atoms with Crippen molar-refractivity contribution in [3.8, 4) is 40.2 Å². The van der Waals surface area contributed by atoms with Crippen LogP contribution in [0.4, 0.5) is 4.39 Å². The van der Waals surface area contributed by atoms with Crippen molar-refractivity contribution in [1.29, 1.82) is 0 Å². The zero-order valence-electron chi connectivity index (χ0n) is 13.4. The third-order valence-corrected chi connectivity index (χ3v) is 3.46. The lowest BCUT2D eigenvalue weighted by atomic mass is 10.1. The number of hydrogen-bond acceptors (Lipinski definition) is 6. The molecule has 1 aromatic heterocycles. The van der Waals surface area contributed by atoms with Gasteiger partial charge in [0.25, 0.3) is 11.8 Å². The second-order valence-corrected chi connectivity index (χ2v) is 4.77. The summed E-state index contributed by atoms with van der Waals surface area (Å²) in [5.41, 5.74) is 0.751. The lowest BCUT2D eigenvalue weighted by Crippen LogP contribution is -1.97. The Morgan fingerprint density at radius 1 is 0.792 bits per heavy atom. The molecule has 0 N–H and O–H groups in total. The monoisotopic (exact) mass is 330 g/mol. The molecule has 0 saturated carbocycles. The highest BCUT2D eigenvalue weighted by Crippen LogP contribution is 2.44. The normalized spacial score (nSPS) is 10.5. The maximum absolute atomic E-state index is 13.9. The fourth-order valence-electron chi connectivity index (χ4n) is 2.35. The van der Waals surface area contributed by atoms with Crippen molar-refractivity contribution < 1.29 is 23.0 Å². The van der Waals surface area contributed by atoms with Crippen molar-refractivity contribution >= 4 is 0 Å². The number of hydrogen-bond donors (Lipinski definition) is 0. The predicted molar refractivity (Wildman–Crippen MR) is 84.8 cm³/mol. The number of halogens is 1. The lowest BCUT2D eigenvalue weighted by molar-refractivity contribution is 0.324. The van der Waals surface area contributed by atoms with Gasteiger partial charge >= 0.3 is 0 Å². The maximum atomic E-state index is 13.9. The van der Waals surface area contributed by atoms with Crippen molar-refractivity contribution in [1.82, 2.24) is 10.2 Å². The van der Waals surface area contributed by atoms with Crippen LogP contribution in [0.25, 0.3) is 22.9 Å². The van der Waals surface area contributed by atoms with Crippen molar-refractivity contribution in [2.75, 3.05) is 21.3 Å². The van der Waals surface area contributed by atoms with Gasteiger partial charge < -0.3 is 18.6 Å². The lowest BCUT2D eigenvalue weighted by Gasteiger charge is -2.13. The van der Waals surface area contributed by atoms with Gasteiger partial charge in [-0.3, -0.25) is 0 Å². The molecule has 24 heavy (non-hydrogen) atoms. The van der Waals surface area contributed by atoms with Crippen molar-refractivity contribution in [3.63, 3.8) is 0 Å². The molecular weight excluding hydrogens is 315 g/mol. The third-order valence-electron chi connectivity index (χ3n) is 3.46. The van der Waals surface area contributed by atoms with E-state index in [4.69, 9.17) is 18.6 Å². The minimum absolute atomic E-state index is 0.0833. The Balaban J connectivity index is 2.09. The van der Waals surface area contributed by atoms with Gasteiger partial charge in [0.05, 0.1) is 32.5 Å². The van der Waals surface area contributed by atoms with Crippen molar-refractivity contribution in [3.05, 3.63) is 42.2 Å². The Kier molecular flexibility index (Phi) is 4.33. The summed E-state index contributed by atoms with van der Waals surface area (Å²) in [6.07, 6.45) is 0. The van der Waals surface area contributed by atoms with E-state index in [1.165, 1.54) is 27.4 Å². The number of rotatable bonds is 5. The van der Waals surface area contributed by atoms with E-state index in [1.54, 1.807) is 30.3 Å². The first kappa shape index (κ1) is 15.8. The minimum Gasteiger partial charge on any atom is -0.493 e. The van der Waals surface area contributed by atoms with Gasteiger partial charge in [0.2, 0.25) is 5.75 Å². The maximum Gasteiger partial charge on any atom is 0.252 e.